The summed E-state index contributed by atoms with van der Waals surface area (Å²) in [4.78, 5) is 33.1. The molecule has 2 aliphatic rings. The minimum atomic E-state index is -0.479. The Kier molecular flexibility index (Phi) is 5.00. The van der Waals surface area contributed by atoms with Crippen LogP contribution < -0.4 is 10.2 Å². The third kappa shape index (κ3) is 3.70. The number of amides is 2. The lowest BCUT2D eigenvalue weighted by molar-refractivity contribution is -0.128. The van der Waals surface area contributed by atoms with Crippen molar-refractivity contribution in [3.05, 3.63) is 60.2 Å². The fourth-order valence-electron chi connectivity index (χ4n) is 3.09. The molecule has 0 radical (unpaired) electrons. The van der Waals surface area contributed by atoms with E-state index in [0.29, 0.717) is 29.8 Å². The van der Waals surface area contributed by atoms with Crippen LogP contribution in [0.1, 0.15) is 12.0 Å². The van der Waals surface area contributed by atoms with Crippen molar-refractivity contribution in [1.82, 2.24) is 4.90 Å². The number of thioether (sulfide) groups is 1. The highest BCUT2D eigenvalue weighted by molar-refractivity contribution is 8.15. The molecule has 2 amide bonds. The molecule has 0 aliphatic carbocycles. The van der Waals surface area contributed by atoms with Gasteiger partial charge in [-0.15, -0.1) is 0 Å². The second-order valence-electron chi connectivity index (χ2n) is 6.42. The molecular weight excluding hydrogens is 374 g/mol. The molecule has 0 spiro atoms. The molecule has 1 N–H and O–H groups in total. The molecular formula is C20H17N5O2S. The minimum Gasteiger partial charge on any atom is -0.334 e. The number of nitrogens with zero attached hydrogens (tertiary/aromatic N) is 4. The van der Waals surface area contributed by atoms with E-state index in [1.807, 2.05) is 47.4 Å². The summed E-state index contributed by atoms with van der Waals surface area (Å²) in [5.74, 6) is -0.316. The first-order valence-corrected chi connectivity index (χ1v) is 9.64. The molecule has 8 heteroatoms. The maximum Gasteiger partial charge on any atom is 0.244 e. The predicted octanol–water partition coefficient (Wildman–Crippen LogP) is 2.62. The van der Waals surface area contributed by atoms with Crippen LogP contribution in [0.4, 0.5) is 11.4 Å². The molecule has 2 aromatic rings. The van der Waals surface area contributed by atoms with Crippen molar-refractivity contribution in [2.45, 2.75) is 11.7 Å². The van der Waals surface area contributed by atoms with E-state index >= 15 is 0 Å². The van der Waals surface area contributed by atoms with Gasteiger partial charge in [-0.25, -0.2) is 4.99 Å². The van der Waals surface area contributed by atoms with Crippen LogP contribution in [-0.2, 0) is 9.59 Å². The zero-order valence-corrected chi connectivity index (χ0v) is 15.7. The van der Waals surface area contributed by atoms with Crippen LogP contribution in [-0.4, -0.2) is 40.5 Å². The Hall–Kier alpha value is -3.31. The largest absolute Gasteiger partial charge is 0.334 e. The number of benzene rings is 2. The second kappa shape index (κ2) is 7.74. The third-order valence-corrected chi connectivity index (χ3v) is 5.69. The highest BCUT2D eigenvalue weighted by atomic mass is 32.2. The van der Waals surface area contributed by atoms with E-state index in [0.717, 1.165) is 5.69 Å². The van der Waals surface area contributed by atoms with Gasteiger partial charge in [-0.1, -0.05) is 36.0 Å². The Balaban J connectivity index is 1.41. The van der Waals surface area contributed by atoms with Crippen LogP contribution in [0.3, 0.4) is 0 Å². The van der Waals surface area contributed by atoms with Crippen LogP contribution in [0.15, 0.2) is 59.6 Å². The molecule has 0 bridgehead atoms. The van der Waals surface area contributed by atoms with Gasteiger partial charge < -0.3 is 10.2 Å². The topological polar surface area (TPSA) is 88.8 Å². The molecule has 2 aliphatic heterocycles. The van der Waals surface area contributed by atoms with Crippen molar-refractivity contribution in [2.75, 3.05) is 23.6 Å². The molecule has 28 heavy (non-hydrogen) atoms. The summed E-state index contributed by atoms with van der Waals surface area (Å²) in [5.41, 5.74) is 2.11. The van der Waals surface area contributed by atoms with E-state index in [9.17, 15) is 9.59 Å². The summed E-state index contributed by atoms with van der Waals surface area (Å²) >= 11 is 1.33. The normalized spacial score (nSPS) is 18.3. The Morgan fingerprint density at radius 2 is 2.07 bits per heavy atom. The highest BCUT2D eigenvalue weighted by Gasteiger charge is 2.41. The van der Waals surface area contributed by atoms with E-state index in [2.05, 4.69) is 16.4 Å². The first-order chi connectivity index (χ1) is 13.6. The van der Waals surface area contributed by atoms with Crippen molar-refractivity contribution in [2.24, 2.45) is 4.99 Å². The second-order valence-corrected chi connectivity index (χ2v) is 7.59. The van der Waals surface area contributed by atoms with Crippen molar-refractivity contribution in [3.63, 3.8) is 0 Å². The van der Waals surface area contributed by atoms with Gasteiger partial charge in [0.25, 0.3) is 0 Å². The lowest BCUT2D eigenvalue weighted by atomic mass is 10.2. The van der Waals surface area contributed by atoms with E-state index in [1.165, 1.54) is 11.8 Å². The molecule has 1 fully saturated rings. The van der Waals surface area contributed by atoms with E-state index in [-0.39, 0.29) is 18.2 Å². The molecule has 1 atom stereocenters. The first kappa shape index (κ1) is 18.1. The fourth-order valence-corrected chi connectivity index (χ4v) is 4.21. The molecule has 4 rings (SSSR count). The molecule has 0 aromatic heterocycles. The Bertz CT molecular complexity index is 986. The summed E-state index contributed by atoms with van der Waals surface area (Å²) in [7, 11) is 0. The number of nitriles is 1. The average Bonchev–Trinajstić information content (AvgIpc) is 3.03. The standard InChI is InChI=1S/C20H17N5O2S/c21-11-14-5-4-8-16(9-14)24-12-22-20-25(13-24)19(27)17(28-20)10-18(26)23-15-6-2-1-3-7-15/h1-9,17H,10,12-13H2,(H,23,26). The van der Waals surface area contributed by atoms with Crippen LogP contribution in [0.2, 0.25) is 0 Å². The average molecular weight is 391 g/mol. The number of anilines is 2. The zero-order chi connectivity index (χ0) is 19.5. The zero-order valence-electron chi connectivity index (χ0n) is 14.9. The van der Waals surface area contributed by atoms with Crippen molar-refractivity contribution in [1.29, 1.82) is 5.26 Å². The summed E-state index contributed by atoms with van der Waals surface area (Å²) in [6, 6.07) is 18.5. The predicted molar refractivity (Wildman–Crippen MR) is 109 cm³/mol. The maximum atomic E-state index is 12.8. The van der Waals surface area contributed by atoms with Gasteiger partial charge in [0.2, 0.25) is 11.8 Å². The van der Waals surface area contributed by atoms with Crippen molar-refractivity contribution >= 4 is 40.1 Å². The number of hydrogen-bond acceptors (Lipinski definition) is 6. The lowest BCUT2D eigenvalue weighted by Gasteiger charge is -2.32. The molecule has 0 saturated carbocycles. The summed E-state index contributed by atoms with van der Waals surface area (Å²) in [5, 5.41) is 12.1. The first-order valence-electron chi connectivity index (χ1n) is 8.76. The maximum absolute atomic E-state index is 12.8. The number of aliphatic imine (C=N–C) groups is 1. The van der Waals surface area contributed by atoms with E-state index in [1.54, 1.807) is 17.0 Å². The Morgan fingerprint density at radius 1 is 1.25 bits per heavy atom. The summed E-state index contributed by atoms with van der Waals surface area (Å²) < 4.78 is 0. The van der Waals surface area contributed by atoms with Crippen molar-refractivity contribution < 1.29 is 9.59 Å². The number of carbonyl (C=O) groups excluding carboxylic acids is 2. The van der Waals surface area contributed by atoms with Crippen LogP contribution in [0.25, 0.3) is 0 Å². The number of rotatable bonds is 4. The van der Waals surface area contributed by atoms with E-state index in [4.69, 9.17) is 5.26 Å². The van der Waals surface area contributed by atoms with Crippen molar-refractivity contribution in [3.8, 4) is 6.07 Å². The fraction of sp³-hybridized carbons (Fsp3) is 0.200. The van der Waals surface area contributed by atoms with Gasteiger partial charge in [-0.2, -0.15) is 5.26 Å². The highest BCUT2D eigenvalue weighted by Crippen LogP contribution is 2.33. The number of amidine groups is 1. The third-order valence-electron chi connectivity index (χ3n) is 4.48. The number of para-hydroxylation sites is 1. The SMILES string of the molecule is N#Cc1cccc(N2CN=C3SC(CC(=O)Nc4ccccc4)C(=O)N3C2)c1. The number of nitrogens with one attached hydrogen (secondary N) is 1. The van der Waals surface area contributed by atoms with Gasteiger partial charge in [0, 0.05) is 17.8 Å². The molecule has 7 nitrogen and oxygen atoms in total. The van der Waals surface area contributed by atoms with Crippen LogP contribution in [0, 0.1) is 11.3 Å². The molecule has 2 heterocycles. The molecule has 140 valence electrons. The number of carbonyl (C=O) groups is 2. The van der Waals surface area contributed by atoms with Crippen LogP contribution in [0.5, 0.6) is 0 Å². The monoisotopic (exact) mass is 391 g/mol. The lowest BCUT2D eigenvalue weighted by Crippen LogP contribution is -2.46. The van der Waals surface area contributed by atoms with Gasteiger partial charge in [0.05, 0.1) is 11.6 Å². The van der Waals surface area contributed by atoms with Crippen LogP contribution >= 0.6 is 11.8 Å². The van der Waals surface area contributed by atoms with Gasteiger partial charge in [0.1, 0.15) is 18.6 Å². The quantitative estimate of drug-likeness (QED) is 0.865. The smallest absolute Gasteiger partial charge is 0.244 e. The summed E-state index contributed by atoms with van der Waals surface area (Å²) in [6.45, 7) is 0.764. The van der Waals surface area contributed by atoms with Gasteiger partial charge >= 0.3 is 0 Å². The minimum absolute atomic E-state index is 0.0951. The summed E-state index contributed by atoms with van der Waals surface area (Å²) in [6.07, 6.45) is 0.0951. The van der Waals surface area contributed by atoms with Gasteiger partial charge in [-0.05, 0) is 30.3 Å². The number of fused-ring (bicyclic) bond motifs is 1. The molecule has 1 saturated heterocycles. The van der Waals surface area contributed by atoms with Gasteiger partial charge in [0.15, 0.2) is 5.17 Å². The molecule has 2 aromatic carbocycles. The number of hydrogen-bond donors (Lipinski definition) is 1. The van der Waals surface area contributed by atoms with E-state index < -0.39 is 5.25 Å². The Labute approximate surface area is 166 Å². The molecule has 1 unspecified atom stereocenters. The van der Waals surface area contributed by atoms with Gasteiger partial charge in [-0.3, -0.25) is 14.5 Å². The Morgan fingerprint density at radius 3 is 2.86 bits per heavy atom.